The molecule has 0 aromatic carbocycles. The van der Waals surface area contributed by atoms with Crippen molar-refractivity contribution < 1.29 is 4.79 Å². The van der Waals surface area contributed by atoms with E-state index in [2.05, 4.69) is 6.92 Å². The highest BCUT2D eigenvalue weighted by atomic mass is 32.1. The van der Waals surface area contributed by atoms with Gasteiger partial charge in [-0.05, 0) is 43.2 Å². The summed E-state index contributed by atoms with van der Waals surface area (Å²) in [5.74, 6) is 0.171. The van der Waals surface area contributed by atoms with Crippen LogP contribution < -0.4 is 0 Å². The fraction of sp³-hybridized carbons (Fsp3) is 0.500. The number of rotatable bonds is 3. The number of carbonyl (C=O) groups is 1. The second-order valence-corrected chi connectivity index (χ2v) is 5.42. The van der Waals surface area contributed by atoms with Crippen LogP contribution in [0.4, 0.5) is 0 Å². The molecule has 1 atom stereocenters. The van der Waals surface area contributed by atoms with Crippen LogP contribution in [0, 0.1) is 0 Å². The normalized spacial score (nSPS) is 21.0. The molecule has 2 nitrogen and oxygen atoms in total. The maximum Gasteiger partial charge on any atom is 0.246 e. The topological polar surface area (TPSA) is 20.3 Å². The van der Waals surface area contributed by atoms with Crippen LogP contribution in [0.2, 0.25) is 0 Å². The molecule has 92 valence electrons. The molecule has 1 amide bonds. The van der Waals surface area contributed by atoms with Crippen molar-refractivity contribution >= 4 is 23.3 Å². The monoisotopic (exact) mass is 249 g/mol. The van der Waals surface area contributed by atoms with Gasteiger partial charge in [-0.15, -0.1) is 11.3 Å². The molecule has 1 aliphatic rings. The van der Waals surface area contributed by atoms with Crippen molar-refractivity contribution in [2.24, 2.45) is 0 Å². The summed E-state index contributed by atoms with van der Waals surface area (Å²) in [7, 11) is 0. The summed E-state index contributed by atoms with van der Waals surface area (Å²) >= 11 is 1.66. The fourth-order valence-corrected chi connectivity index (χ4v) is 2.97. The Morgan fingerprint density at radius 2 is 2.47 bits per heavy atom. The number of hydrogen-bond donors (Lipinski definition) is 0. The lowest BCUT2D eigenvalue weighted by atomic mass is 10.00. The zero-order valence-corrected chi connectivity index (χ0v) is 11.1. The summed E-state index contributed by atoms with van der Waals surface area (Å²) in [6.07, 6.45) is 8.29. The standard InChI is InChI=1S/C14H19NOS/c1-2-12-6-3-4-10-15(12)14(16)9-8-13-7-5-11-17-13/h5,7-9,11-12H,2-4,6,10H2,1H3/b9-8+. The van der Waals surface area contributed by atoms with Crippen molar-refractivity contribution in [1.29, 1.82) is 0 Å². The maximum absolute atomic E-state index is 12.1. The third-order valence-corrected chi connectivity index (χ3v) is 4.15. The van der Waals surface area contributed by atoms with Crippen molar-refractivity contribution in [3.05, 3.63) is 28.5 Å². The predicted octanol–water partition coefficient (Wildman–Crippen LogP) is 3.55. The lowest BCUT2D eigenvalue weighted by Gasteiger charge is -2.34. The number of piperidine rings is 1. The molecule has 0 N–H and O–H groups in total. The quantitative estimate of drug-likeness (QED) is 0.750. The van der Waals surface area contributed by atoms with Gasteiger partial charge in [0.05, 0.1) is 0 Å². The molecule has 2 heterocycles. The summed E-state index contributed by atoms with van der Waals surface area (Å²) < 4.78 is 0. The third kappa shape index (κ3) is 3.19. The molecule has 1 fully saturated rings. The minimum atomic E-state index is 0.171. The number of amides is 1. The first-order valence-corrected chi connectivity index (χ1v) is 7.21. The average molecular weight is 249 g/mol. The summed E-state index contributed by atoms with van der Waals surface area (Å²) in [5.41, 5.74) is 0. The van der Waals surface area contributed by atoms with Crippen molar-refractivity contribution in [3.8, 4) is 0 Å². The van der Waals surface area contributed by atoms with Crippen molar-refractivity contribution in [3.63, 3.8) is 0 Å². The second kappa shape index (κ2) is 6.01. The lowest BCUT2D eigenvalue weighted by molar-refractivity contribution is -0.129. The molecule has 1 aromatic rings. The van der Waals surface area contributed by atoms with E-state index in [0.29, 0.717) is 6.04 Å². The van der Waals surface area contributed by atoms with Gasteiger partial charge in [-0.25, -0.2) is 0 Å². The van der Waals surface area contributed by atoms with Gasteiger partial charge in [0.1, 0.15) is 0 Å². The van der Waals surface area contributed by atoms with Crippen LogP contribution in [0.15, 0.2) is 23.6 Å². The van der Waals surface area contributed by atoms with Crippen molar-refractivity contribution in [1.82, 2.24) is 4.90 Å². The van der Waals surface area contributed by atoms with E-state index >= 15 is 0 Å². The number of carbonyl (C=O) groups excluding carboxylic acids is 1. The fourth-order valence-electron chi connectivity index (χ4n) is 2.35. The molecule has 0 spiro atoms. The highest BCUT2D eigenvalue weighted by Crippen LogP contribution is 2.20. The zero-order chi connectivity index (χ0) is 12.1. The highest BCUT2D eigenvalue weighted by molar-refractivity contribution is 7.10. The summed E-state index contributed by atoms with van der Waals surface area (Å²) in [6, 6.07) is 4.48. The molecule has 0 bridgehead atoms. The highest BCUT2D eigenvalue weighted by Gasteiger charge is 2.23. The molecule has 17 heavy (non-hydrogen) atoms. The Balaban J connectivity index is 1.98. The Kier molecular flexibility index (Phi) is 4.37. The van der Waals surface area contributed by atoms with E-state index in [9.17, 15) is 4.79 Å². The smallest absolute Gasteiger partial charge is 0.246 e. The zero-order valence-electron chi connectivity index (χ0n) is 10.3. The van der Waals surface area contributed by atoms with Crippen LogP contribution >= 0.6 is 11.3 Å². The van der Waals surface area contributed by atoms with E-state index in [1.807, 2.05) is 28.5 Å². The molecule has 0 saturated carbocycles. The van der Waals surface area contributed by atoms with E-state index < -0.39 is 0 Å². The molecule has 1 saturated heterocycles. The summed E-state index contributed by atoms with van der Waals surface area (Å²) in [4.78, 5) is 15.3. The number of nitrogens with zero attached hydrogens (tertiary/aromatic N) is 1. The van der Waals surface area contributed by atoms with E-state index in [-0.39, 0.29) is 5.91 Å². The molecule has 1 aromatic heterocycles. The van der Waals surface area contributed by atoms with Crippen molar-refractivity contribution in [2.45, 2.75) is 38.6 Å². The van der Waals surface area contributed by atoms with E-state index in [1.165, 1.54) is 6.42 Å². The largest absolute Gasteiger partial charge is 0.336 e. The number of thiophene rings is 1. The molecule has 2 rings (SSSR count). The first-order chi connectivity index (χ1) is 8.31. The maximum atomic E-state index is 12.1. The van der Waals surface area contributed by atoms with E-state index in [0.717, 1.165) is 30.7 Å². The van der Waals surface area contributed by atoms with Gasteiger partial charge in [-0.2, -0.15) is 0 Å². The van der Waals surface area contributed by atoms with Crippen LogP contribution in [0.3, 0.4) is 0 Å². The van der Waals surface area contributed by atoms with Gasteiger partial charge in [0.25, 0.3) is 0 Å². The molecular weight excluding hydrogens is 230 g/mol. The Labute approximate surface area is 107 Å². The molecule has 1 unspecified atom stereocenters. The van der Waals surface area contributed by atoms with Gasteiger partial charge in [0.2, 0.25) is 5.91 Å². The minimum Gasteiger partial charge on any atom is -0.336 e. The van der Waals surface area contributed by atoms with E-state index in [4.69, 9.17) is 0 Å². The first kappa shape index (κ1) is 12.4. The molecule has 3 heteroatoms. The van der Waals surface area contributed by atoms with Crippen LogP contribution in [0.5, 0.6) is 0 Å². The van der Waals surface area contributed by atoms with Gasteiger partial charge in [0, 0.05) is 23.5 Å². The van der Waals surface area contributed by atoms with Gasteiger partial charge in [0.15, 0.2) is 0 Å². The Hall–Kier alpha value is -1.09. The van der Waals surface area contributed by atoms with Gasteiger partial charge in [-0.1, -0.05) is 13.0 Å². The predicted molar refractivity (Wildman–Crippen MR) is 73.0 cm³/mol. The SMILES string of the molecule is CCC1CCCCN1C(=O)/C=C/c1cccs1. The number of likely N-dealkylation sites (tertiary alicyclic amines) is 1. The summed E-state index contributed by atoms with van der Waals surface area (Å²) in [5, 5.41) is 2.03. The molecular formula is C14H19NOS. The van der Waals surface area contributed by atoms with Crippen LogP contribution in [-0.4, -0.2) is 23.4 Å². The van der Waals surface area contributed by atoms with Crippen LogP contribution in [0.1, 0.15) is 37.5 Å². The Bertz CT molecular complexity index is 383. The first-order valence-electron chi connectivity index (χ1n) is 6.33. The number of hydrogen-bond acceptors (Lipinski definition) is 2. The average Bonchev–Trinajstić information content (AvgIpc) is 2.89. The molecule has 0 radical (unpaired) electrons. The van der Waals surface area contributed by atoms with Gasteiger partial charge < -0.3 is 4.90 Å². The lowest BCUT2D eigenvalue weighted by Crippen LogP contribution is -2.42. The van der Waals surface area contributed by atoms with Crippen molar-refractivity contribution in [2.75, 3.05) is 6.54 Å². The van der Waals surface area contributed by atoms with Gasteiger partial charge >= 0.3 is 0 Å². The molecule has 1 aliphatic heterocycles. The van der Waals surface area contributed by atoms with E-state index in [1.54, 1.807) is 17.4 Å². The summed E-state index contributed by atoms with van der Waals surface area (Å²) in [6.45, 7) is 3.09. The Morgan fingerprint density at radius 3 is 3.18 bits per heavy atom. The second-order valence-electron chi connectivity index (χ2n) is 4.44. The Morgan fingerprint density at radius 1 is 1.59 bits per heavy atom. The third-order valence-electron chi connectivity index (χ3n) is 3.31. The van der Waals surface area contributed by atoms with Crippen LogP contribution in [-0.2, 0) is 4.79 Å². The van der Waals surface area contributed by atoms with Crippen LogP contribution in [0.25, 0.3) is 6.08 Å². The molecule has 0 aliphatic carbocycles. The van der Waals surface area contributed by atoms with Gasteiger partial charge in [-0.3, -0.25) is 4.79 Å². The minimum absolute atomic E-state index is 0.171.